The normalized spacial score (nSPS) is 13.5. The van der Waals surface area contributed by atoms with Crippen molar-refractivity contribution in [2.75, 3.05) is 6.61 Å². The number of hydrogen-bond donors (Lipinski definition) is 1. The predicted octanol–water partition coefficient (Wildman–Crippen LogP) is 2.54. The third kappa shape index (κ3) is 6.00. The molecule has 1 atom stereocenters. The zero-order valence-corrected chi connectivity index (χ0v) is 9.97. The highest BCUT2D eigenvalue weighted by Gasteiger charge is 2.39. The fraction of sp³-hybridized carbons (Fsp3) is 0.727. The third-order valence-electron chi connectivity index (χ3n) is 2.18. The molecule has 0 amide bonds. The molecule has 0 aliphatic rings. The van der Waals surface area contributed by atoms with Crippen LogP contribution in [0.2, 0.25) is 0 Å². The van der Waals surface area contributed by atoms with Gasteiger partial charge in [0.1, 0.15) is 6.10 Å². The van der Waals surface area contributed by atoms with Crippen molar-refractivity contribution >= 4 is 5.97 Å². The molecule has 7 heteroatoms. The second-order valence-corrected chi connectivity index (χ2v) is 3.94. The van der Waals surface area contributed by atoms with E-state index < -0.39 is 37.4 Å². The fourth-order valence-corrected chi connectivity index (χ4v) is 1.11. The summed E-state index contributed by atoms with van der Waals surface area (Å²) in [6.45, 7) is 4.14. The first kappa shape index (κ1) is 16.9. The molecular weight excluding hydrogens is 256 g/mol. The number of rotatable bonds is 8. The number of esters is 1. The van der Waals surface area contributed by atoms with Gasteiger partial charge in [-0.1, -0.05) is 6.58 Å². The first-order chi connectivity index (χ1) is 8.20. The summed E-state index contributed by atoms with van der Waals surface area (Å²) < 4.78 is 53.5. The van der Waals surface area contributed by atoms with Gasteiger partial charge in [-0.05, 0) is 19.8 Å². The molecule has 0 aromatic carbocycles. The van der Waals surface area contributed by atoms with Gasteiger partial charge in [0.25, 0.3) is 0 Å². The Balaban J connectivity index is 4.09. The lowest BCUT2D eigenvalue weighted by atomic mass is 10.1. The lowest BCUT2D eigenvalue weighted by molar-refractivity contribution is -0.148. The summed E-state index contributed by atoms with van der Waals surface area (Å²) in [6, 6.07) is 0. The van der Waals surface area contributed by atoms with Gasteiger partial charge < -0.3 is 9.84 Å². The summed E-state index contributed by atoms with van der Waals surface area (Å²) in [5.41, 5.74) is 0.103. The molecule has 106 valence electrons. The van der Waals surface area contributed by atoms with E-state index >= 15 is 0 Å². The van der Waals surface area contributed by atoms with Crippen LogP contribution in [-0.2, 0) is 9.53 Å². The summed E-state index contributed by atoms with van der Waals surface area (Å²) >= 11 is 0. The maximum Gasteiger partial charge on any atom is 0.333 e. The van der Waals surface area contributed by atoms with Crippen molar-refractivity contribution < 1.29 is 32.2 Å². The molecule has 0 bridgehead atoms. The van der Waals surface area contributed by atoms with E-state index in [9.17, 15) is 22.4 Å². The molecule has 0 aliphatic heterocycles. The van der Waals surface area contributed by atoms with Crippen LogP contribution in [-0.4, -0.2) is 36.1 Å². The van der Waals surface area contributed by atoms with E-state index in [1.165, 1.54) is 6.92 Å². The second kappa shape index (κ2) is 7.35. The second-order valence-electron chi connectivity index (χ2n) is 3.94. The van der Waals surface area contributed by atoms with E-state index in [1.54, 1.807) is 0 Å². The van der Waals surface area contributed by atoms with Gasteiger partial charge in [0, 0.05) is 12.0 Å². The first-order valence-electron chi connectivity index (χ1n) is 5.34. The van der Waals surface area contributed by atoms with Crippen molar-refractivity contribution in [1.29, 1.82) is 0 Å². The highest BCUT2D eigenvalue weighted by Crippen LogP contribution is 2.29. The topological polar surface area (TPSA) is 46.5 Å². The molecule has 3 nitrogen and oxygen atoms in total. The van der Waals surface area contributed by atoms with Crippen LogP contribution in [0.5, 0.6) is 0 Å². The van der Waals surface area contributed by atoms with Crippen molar-refractivity contribution in [3.63, 3.8) is 0 Å². The zero-order chi connectivity index (χ0) is 14.3. The SMILES string of the molecule is C=C(C)C(=O)OC(CO)CCCC(F)(F)C(F)F. The molecule has 18 heavy (non-hydrogen) atoms. The van der Waals surface area contributed by atoms with Crippen LogP contribution in [0.25, 0.3) is 0 Å². The molecular formula is C11H16F4O3. The van der Waals surface area contributed by atoms with Crippen LogP contribution in [0.15, 0.2) is 12.2 Å². The van der Waals surface area contributed by atoms with E-state index in [4.69, 9.17) is 9.84 Å². The Morgan fingerprint density at radius 1 is 1.44 bits per heavy atom. The number of halogens is 4. The Bertz CT molecular complexity index is 292. The molecule has 0 radical (unpaired) electrons. The fourth-order valence-electron chi connectivity index (χ4n) is 1.11. The smallest absolute Gasteiger partial charge is 0.333 e. The number of hydrogen-bond acceptors (Lipinski definition) is 3. The van der Waals surface area contributed by atoms with Gasteiger partial charge in [-0.25, -0.2) is 22.4 Å². The monoisotopic (exact) mass is 272 g/mol. The van der Waals surface area contributed by atoms with Crippen LogP contribution in [0.1, 0.15) is 26.2 Å². The highest BCUT2D eigenvalue weighted by atomic mass is 19.3. The zero-order valence-electron chi connectivity index (χ0n) is 9.97. The van der Waals surface area contributed by atoms with Gasteiger partial charge in [-0.15, -0.1) is 0 Å². The van der Waals surface area contributed by atoms with Gasteiger partial charge >= 0.3 is 18.3 Å². The summed E-state index contributed by atoms with van der Waals surface area (Å²) in [5, 5.41) is 8.85. The largest absolute Gasteiger partial charge is 0.457 e. The van der Waals surface area contributed by atoms with E-state index in [-0.39, 0.29) is 18.4 Å². The molecule has 0 rings (SSSR count). The van der Waals surface area contributed by atoms with Crippen LogP contribution in [0.4, 0.5) is 17.6 Å². The number of alkyl halides is 4. The van der Waals surface area contributed by atoms with E-state index in [0.717, 1.165) is 0 Å². The molecule has 0 aliphatic carbocycles. The minimum Gasteiger partial charge on any atom is -0.457 e. The Hall–Kier alpha value is -1.11. The van der Waals surface area contributed by atoms with Gasteiger partial charge in [0.15, 0.2) is 0 Å². The molecule has 1 unspecified atom stereocenters. The number of ether oxygens (including phenoxy) is 1. The average Bonchev–Trinajstić information content (AvgIpc) is 2.26. The summed E-state index contributed by atoms with van der Waals surface area (Å²) in [6.07, 6.45) is -6.12. The standard InChI is InChI=1S/C11H16F4O3/c1-7(2)9(17)18-8(6-16)4-3-5-11(14,15)10(12)13/h8,10,16H,1,3-6H2,2H3. The molecule has 0 saturated carbocycles. The van der Waals surface area contributed by atoms with Crippen molar-refractivity contribution in [2.45, 2.75) is 44.6 Å². The molecule has 1 N–H and O–H groups in total. The Kier molecular flexibility index (Phi) is 6.90. The summed E-state index contributed by atoms with van der Waals surface area (Å²) in [4.78, 5) is 11.1. The molecule has 0 heterocycles. The molecule has 0 aromatic heterocycles. The lowest BCUT2D eigenvalue weighted by Gasteiger charge is -2.18. The first-order valence-corrected chi connectivity index (χ1v) is 5.34. The number of carbonyl (C=O) groups excluding carboxylic acids is 1. The Morgan fingerprint density at radius 2 is 2.00 bits per heavy atom. The summed E-state index contributed by atoms with van der Waals surface area (Å²) in [7, 11) is 0. The van der Waals surface area contributed by atoms with E-state index in [2.05, 4.69) is 6.58 Å². The van der Waals surface area contributed by atoms with Crippen molar-refractivity contribution in [1.82, 2.24) is 0 Å². The Morgan fingerprint density at radius 3 is 2.39 bits per heavy atom. The average molecular weight is 272 g/mol. The van der Waals surface area contributed by atoms with Gasteiger partial charge in [0.2, 0.25) is 0 Å². The van der Waals surface area contributed by atoms with E-state index in [1.807, 2.05) is 0 Å². The van der Waals surface area contributed by atoms with Gasteiger partial charge in [0.05, 0.1) is 6.61 Å². The molecule has 0 fully saturated rings. The number of aliphatic hydroxyl groups excluding tert-OH is 1. The van der Waals surface area contributed by atoms with Gasteiger partial charge in [-0.2, -0.15) is 0 Å². The maximum atomic E-state index is 12.6. The van der Waals surface area contributed by atoms with E-state index in [0.29, 0.717) is 0 Å². The number of carbonyl (C=O) groups is 1. The molecule has 0 aromatic rings. The van der Waals surface area contributed by atoms with Crippen molar-refractivity contribution in [3.8, 4) is 0 Å². The quantitative estimate of drug-likeness (QED) is 0.419. The molecule has 0 spiro atoms. The Labute approximate surface area is 102 Å². The van der Waals surface area contributed by atoms with Crippen LogP contribution in [0, 0.1) is 0 Å². The number of aliphatic hydroxyl groups is 1. The third-order valence-corrected chi connectivity index (χ3v) is 2.18. The van der Waals surface area contributed by atoms with Crippen molar-refractivity contribution in [3.05, 3.63) is 12.2 Å². The minimum atomic E-state index is -4.06. The van der Waals surface area contributed by atoms with Crippen molar-refractivity contribution in [2.24, 2.45) is 0 Å². The van der Waals surface area contributed by atoms with Crippen LogP contribution >= 0.6 is 0 Å². The highest BCUT2D eigenvalue weighted by molar-refractivity contribution is 5.87. The maximum absolute atomic E-state index is 12.6. The molecule has 0 saturated heterocycles. The minimum absolute atomic E-state index is 0.103. The summed E-state index contributed by atoms with van der Waals surface area (Å²) in [5.74, 6) is -4.81. The van der Waals surface area contributed by atoms with Crippen LogP contribution in [0.3, 0.4) is 0 Å². The lowest BCUT2D eigenvalue weighted by Crippen LogP contribution is -2.28. The predicted molar refractivity (Wildman–Crippen MR) is 56.6 cm³/mol. The van der Waals surface area contributed by atoms with Crippen LogP contribution < -0.4 is 0 Å². The van der Waals surface area contributed by atoms with Gasteiger partial charge in [-0.3, -0.25) is 0 Å².